The third-order valence-corrected chi connectivity index (χ3v) is 2.86. The molecule has 0 aromatic heterocycles. The molecule has 15 heavy (non-hydrogen) atoms. The first-order chi connectivity index (χ1) is 6.86. The van der Waals surface area contributed by atoms with Crippen molar-refractivity contribution in [1.29, 1.82) is 0 Å². The number of rotatable bonds is 3. The summed E-state index contributed by atoms with van der Waals surface area (Å²) in [5.41, 5.74) is 3.01. The van der Waals surface area contributed by atoms with E-state index in [1.54, 1.807) is 0 Å². The molecule has 1 aromatic rings. The molecular weight excluding hydrogens is 184 g/mol. The van der Waals surface area contributed by atoms with Crippen molar-refractivity contribution in [3.05, 3.63) is 34.9 Å². The van der Waals surface area contributed by atoms with Crippen molar-refractivity contribution in [3.63, 3.8) is 0 Å². The van der Waals surface area contributed by atoms with Gasteiger partial charge in [-0.3, -0.25) is 0 Å². The van der Waals surface area contributed by atoms with Crippen LogP contribution in [0, 0.1) is 0 Å². The molecule has 0 saturated heterocycles. The first kappa shape index (κ1) is 12.3. The molecule has 1 rings (SSSR count). The number of benzene rings is 1. The van der Waals surface area contributed by atoms with Crippen molar-refractivity contribution in [2.24, 2.45) is 0 Å². The number of hydrogen-bond acceptors (Lipinski definition) is 1. The minimum Gasteiger partial charge on any atom is -0.386 e. The first-order valence-electron chi connectivity index (χ1n) is 5.72. The molecule has 0 amide bonds. The summed E-state index contributed by atoms with van der Waals surface area (Å²) in [6.07, 6.45) is 1.06. The van der Waals surface area contributed by atoms with Crippen LogP contribution in [0.2, 0.25) is 0 Å². The lowest BCUT2D eigenvalue weighted by Gasteiger charge is -2.21. The van der Waals surface area contributed by atoms with Crippen molar-refractivity contribution in [2.75, 3.05) is 0 Å². The Morgan fingerprint density at radius 2 is 1.87 bits per heavy atom. The normalized spacial score (nSPS) is 12.2. The highest BCUT2D eigenvalue weighted by molar-refractivity contribution is 5.36. The molecule has 1 heteroatoms. The highest BCUT2D eigenvalue weighted by Crippen LogP contribution is 2.27. The van der Waals surface area contributed by atoms with Crippen LogP contribution in [0.25, 0.3) is 0 Å². The molecule has 0 aliphatic carbocycles. The second kappa shape index (κ2) is 4.36. The first-order valence-corrected chi connectivity index (χ1v) is 5.72. The average molecular weight is 206 g/mol. The molecule has 0 unspecified atom stereocenters. The number of hydrogen-bond donors (Lipinski definition) is 1. The topological polar surface area (TPSA) is 20.2 Å². The van der Waals surface area contributed by atoms with Crippen LogP contribution in [-0.2, 0) is 12.0 Å². The van der Waals surface area contributed by atoms with Gasteiger partial charge < -0.3 is 5.11 Å². The summed E-state index contributed by atoms with van der Waals surface area (Å²) in [5.74, 6) is 0.516. The lowest BCUT2D eigenvalue weighted by atomic mass is 9.89. The zero-order valence-electron chi connectivity index (χ0n) is 10.5. The van der Waals surface area contributed by atoms with Gasteiger partial charge in [0, 0.05) is 0 Å². The van der Waals surface area contributed by atoms with Crippen molar-refractivity contribution in [2.45, 2.75) is 52.6 Å². The third-order valence-electron chi connectivity index (χ3n) is 2.86. The van der Waals surface area contributed by atoms with Gasteiger partial charge in [0.05, 0.1) is 5.60 Å². The van der Waals surface area contributed by atoms with E-state index in [0.29, 0.717) is 5.92 Å². The van der Waals surface area contributed by atoms with Crippen molar-refractivity contribution in [3.8, 4) is 0 Å². The van der Waals surface area contributed by atoms with E-state index in [-0.39, 0.29) is 0 Å². The molecule has 0 spiro atoms. The molecule has 0 fully saturated rings. The Labute approximate surface area is 93.1 Å². The molecule has 1 aromatic carbocycles. The summed E-state index contributed by atoms with van der Waals surface area (Å²) in [6, 6.07) is 6.32. The molecular formula is C14H22O. The van der Waals surface area contributed by atoms with Crippen molar-refractivity contribution >= 4 is 0 Å². The average Bonchev–Trinajstić information content (AvgIpc) is 2.15. The standard InChI is InChI=1S/C14H22O/c1-6-11-7-8-12(14(4,5)15)9-13(11)10(2)3/h7-10,15H,6H2,1-5H3. The Morgan fingerprint density at radius 3 is 2.27 bits per heavy atom. The van der Waals surface area contributed by atoms with E-state index in [9.17, 15) is 5.11 Å². The summed E-state index contributed by atoms with van der Waals surface area (Å²) in [4.78, 5) is 0. The van der Waals surface area contributed by atoms with Crippen LogP contribution in [0.1, 0.15) is 57.2 Å². The van der Waals surface area contributed by atoms with Crippen LogP contribution in [-0.4, -0.2) is 5.11 Å². The minimum atomic E-state index is -0.740. The third kappa shape index (κ3) is 2.82. The summed E-state index contributed by atoms with van der Waals surface area (Å²) >= 11 is 0. The Hall–Kier alpha value is -0.820. The van der Waals surface area contributed by atoms with Crippen LogP contribution < -0.4 is 0 Å². The van der Waals surface area contributed by atoms with Gasteiger partial charge in [-0.05, 0) is 42.9 Å². The van der Waals surface area contributed by atoms with Gasteiger partial charge in [-0.15, -0.1) is 0 Å². The van der Waals surface area contributed by atoms with Gasteiger partial charge in [0.1, 0.15) is 0 Å². The maximum Gasteiger partial charge on any atom is 0.0840 e. The lowest BCUT2D eigenvalue weighted by Crippen LogP contribution is -2.16. The predicted octanol–water partition coefficient (Wildman–Crippen LogP) is 3.60. The van der Waals surface area contributed by atoms with E-state index in [1.165, 1.54) is 11.1 Å². The fraction of sp³-hybridized carbons (Fsp3) is 0.571. The van der Waals surface area contributed by atoms with Crippen molar-refractivity contribution < 1.29 is 5.11 Å². The largest absolute Gasteiger partial charge is 0.386 e. The molecule has 0 aliphatic heterocycles. The second-order valence-electron chi connectivity index (χ2n) is 4.98. The maximum atomic E-state index is 9.96. The van der Waals surface area contributed by atoms with E-state index >= 15 is 0 Å². The zero-order valence-corrected chi connectivity index (χ0v) is 10.5. The Bertz CT molecular complexity index is 332. The molecule has 0 aliphatic rings. The Morgan fingerprint density at radius 1 is 1.27 bits per heavy atom. The van der Waals surface area contributed by atoms with Crippen LogP contribution in [0.3, 0.4) is 0 Å². The van der Waals surface area contributed by atoms with Gasteiger partial charge >= 0.3 is 0 Å². The van der Waals surface area contributed by atoms with Crippen LogP contribution in [0.15, 0.2) is 18.2 Å². The summed E-state index contributed by atoms with van der Waals surface area (Å²) < 4.78 is 0. The van der Waals surface area contributed by atoms with E-state index < -0.39 is 5.60 Å². The monoisotopic (exact) mass is 206 g/mol. The molecule has 1 nitrogen and oxygen atoms in total. The molecule has 84 valence electrons. The highest BCUT2D eigenvalue weighted by atomic mass is 16.3. The van der Waals surface area contributed by atoms with Gasteiger partial charge in [0.2, 0.25) is 0 Å². The summed E-state index contributed by atoms with van der Waals surface area (Å²) in [7, 11) is 0. The maximum absolute atomic E-state index is 9.96. The van der Waals surface area contributed by atoms with Crippen LogP contribution in [0.5, 0.6) is 0 Å². The van der Waals surface area contributed by atoms with Gasteiger partial charge in [-0.2, -0.15) is 0 Å². The number of aliphatic hydroxyl groups is 1. The molecule has 0 atom stereocenters. The quantitative estimate of drug-likeness (QED) is 0.801. The van der Waals surface area contributed by atoms with E-state index in [2.05, 4.69) is 32.9 Å². The fourth-order valence-corrected chi connectivity index (χ4v) is 1.83. The van der Waals surface area contributed by atoms with Crippen LogP contribution >= 0.6 is 0 Å². The summed E-state index contributed by atoms with van der Waals surface area (Å²) in [6.45, 7) is 10.2. The zero-order chi connectivity index (χ0) is 11.6. The van der Waals surface area contributed by atoms with Gasteiger partial charge in [0.25, 0.3) is 0 Å². The summed E-state index contributed by atoms with van der Waals surface area (Å²) in [5, 5.41) is 9.96. The molecule has 0 radical (unpaired) electrons. The minimum absolute atomic E-state index is 0.516. The van der Waals surface area contributed by atoms with Gasteiger partial charge in [-0.1, -0.05) is 39.0 Å². The smallest absolute Gasteiger partial charge is 0.0840 e. The SMILES string of the molecule is CCc1ccc(C(C)(C)O)cc1C(C)C. The van der Waals surface area contributed by atoms with E-state index in [4.69, 9.17) is 0 Å². The van der Waals surface area contributed by atoms with E-state index in [0.717, 1.165) is 12.0 Å². The highest BCUT2D eigenvalue weighted by Gasteiger charge is 2.17. The lowest BCUT2D eigenvalue weighted by molar-refractivity contribution is 0.0785. The molecule has 1 N–H and O–H groups in total. The van der Waals surface area contributed by atoms with Gasteiger partial charge in [0.15, 0.2) is 0 Å². The second-order valence-corrected chi connectivity index (χ2v) is 4.98. The predicted molar refractivity (Wildman–Crippen MR) is 65.2 cm³/mol. The fourth-order valence-electron chi connectivity index (χ4n) is 1.83. The molecule has 0 heterocycles. The Kier molecular flexibility index (Phi) is 3.56. The van der Waals surface area contributed by atoms with E-state index in [1.807, 2.05) is 19.9 Å². The van der Waals surface area contributed by atoms with Crippen molar-refractivity contribution in [1.82, 2.24) is 0 Å². The van der Waals surface area contributed by atoms with Gasteiger partial charge in [-0.25, -0.2) is 0 Å². The number of aryl methyl sites for hydroxylation is 1. The Balaban J connectivity index is 3.22. The molecule has 0 bridgehead atoms. The molecule has 0 saturated carbocycles. The van der Waals surface area contributed by atoms with Crippen LogP contribution in [0.4, 0.5) is 0 Å².